The molecule has 1 N–H and O–H groups in total. The van der Waals surface area contributed by atoms with Crippen molar-refractivity contribution in [2.45, 2.75) is 39.6 Å². The van der Waals surface area contributed by atoms with Gasteiger partial charge in [-0.15, -0.1) is 0 Å². The number of aromatic carboxylic acids is 1. The van der Waals surface area contributed by atoms with E-state index in [-0.39, 0.29) is 108 Å². The predicted octanol–water partition coefficient (Wildman–Crippen LogP) is 11.9. The average Bonchev–Trinajstić information content (AvgIpc) is 3.70. The standard InChI is InChI=1S/C59H43N3O9/c63-49(44-30-45(59(64)65)51(67-32-38-20-8-2-9-21-38)54(69-34-40-24-12-4-13-25-40)50(44)66-31-37-18-6-1-7-19-37)47-46-48-53(71-36-42-28-16-17-29-43(42)56-60-57(46)62-58(48)61-56)55(70-35-41-26-14-5-15-27-41)52(47)68-33-39-22-10-3-11-23-39/h1-30H,31-36H2,(H,64,65). The fraction of sp³-hybridized carbons (Fsp3) is 0.102. The quantitative estimate of drug-likeness (QED) is 0.0816. The Labute approximate surface area is 408 Å². The third-order valence-corrected chi connectivity index (χ3v) is 12.1. The lowest BCUT2D eigenvalue weighted by molar-refractivity contribution is 0.0690. The summed E-state index contributed by atoms with van der Waals surface area (Å²) in [6, 6.07) is 56.2. The molecule has 0 fully saturated rings. The zero-order valence-electron chi connectivity index (χ0n) is 38.1. The molecule has 8 aromatic carbocycles. The van der Waals surface area contributed by atoms with Gasteiger partial charge in [0.15, 0.2) is 40.5 Å². The number of benzene rings is 8. The molecule has 0 saturated carbocycles. The van der Waals surface area contributed by atoms with E-state index in [2.05, 4.69) is 0 Å². The minimum atomic E-state index is -1.37. The molecule has 0 unspecified atom stereocenters. The van der Waals surface area contributed by atoms with Gasteiger partial charge in [-0.25, -0.2) is 19.7 Å². The van der Waals surface area contributed by atoms with E-state index in [4.69, 9.17) is 43.4 Å². The molecule has 9 aromatic rings. The third kappa shape index (κ3) is 9.09. The molecule has 0 amide bonds. The van der Waals surface area contributed by atoms with Gasteiger partial charge >= 0.3 is 5.97 Å². The van der Waals surface area contributed by atoms with Crippen LogP contribution in [-0.2, 0) is 39.6 Å². The van der Waals surface area contributed by atoms with Gasteiger partial charge < -0.3 is 33.5 Å². The average molecular weight is 938 g/mol. The smallest absolute Gasteiger partial charge is 0.339 e. The van der Waals surface area contributed by atoms with Gasteiger partial charge in [0.2, 0.25) is 17.3 Å². The van der Waals surface area contributed by atoms with E-state index in [1.807, 2.05) is 176 Å². The maximum atomic E-state index is 16.5. The van der Waals surface area contributed by atoms with E-state index in [0.29, 0.717) is 11.4 Å². The largest absolute Gasteiger partial charge is 0.484 e. The van der Waals surface area contributed by atoms with Gasteiger partial charge in [-0.05, 0) is 33.9 Å². The summed E-state index contributed by atoms with van der Waals surface area (Å²) in [7, 11) is 0. The number of rotatable bonds is 18. The number of ketones is 1. The molecule has 0 aliphatic carbocycles. The maximum Gasteiger partial charge on any atom is 0.339 e. The highest BCUT2D eigenvalue weighted by atomic mass is 16.6. The molecule has 12 nitrogen and oxygen atoms in total. The highest BCUT2D eigenvalue weighted by Crippen LogP contribution is 2.57. The molecule has 0 radical (unpaired) electrons. The Hall–Kier alpha value is -9.29. The number of carboxylic acids is 1. The fourth-order valence-electron chi connectivity index (χ4n) is 8.63. The maximum absolute atomic E-state index is 16.5. The Bertz CT molecular complexity index is 3410. The fourth-order valence-corrected chi connectivity index (χ4v) is 8.63. The number of nitrogens with zero attached hydrogens (tertiary/aromatic N) is 3. The minimum Gasteiger partial charge on any atom is -0.484 e. The van der Waals surface area contributed by atoms with Crippen molar-refractivity contribution in [2.75, 3.05) is 0 Å². The molecule has 3 bridgehead atoms. The van der Waals surface area contributed by atoms with Crippen LogP contribution in [0.3, 0.4) is 0 Å². The van der Waals surface area contributed by atoms with Crippen LogP contribution in [0.15, 0.2) is 182 Å². The second-order valence-electron chi connectivity index (χ2n) is 16.8. The van der Waals surface area contributed by atoms with Crippen molar-refractivity contribution < 1.29 is 43.1 Å². The summed E-state index contributed by atoms with van der Waals surface area (Å²) in [5.41, 5.74) is 5.65. The molecular formula is C59H43N3O9. The first kappa shape index (κ1) is 44.2. The zero-order chi connectivity index (χ0) is 48.1. The number of ether oxygens (including phenoxy) is 6. The Morgan fingerprint density at radius 1 is 0.437 bits per heavy atom. The molecule has 71 heavy (non-hydrogen) atoms. The van der Waals surface area contributed by atoms with E-state index in [1.54, 1.807) is 0 Å². The Kier molecular flexibility index (Phi) is 12.3. The lowest BCUT2D eigenvalue weighted by Gasteiger charge is -2.25. The van der Waals surface area contributed by atoms with Crippen LogP contribution in [0.5, 0.6) is 34.5 Å². The third-order valence-electron chi connectivity index (χ3n) is 12.1. The molecule has 1 aromatic heterocycles. The molecule has 0 saturated heterocycles. The van der Waals surface area contributed by atoms with Crippen LogP contribution in [0.25, 0.3) is 34.2 Å². The first-order valence-corrected chi connectivity index (χ1v) is 23.0. The summed E-state index contributed by atoms with van der Waals surface area (Å²) in [5.74, 6) is -1.09. The molecule has 3 heterocycles. The Balaban J connectivity index is 1.17. The first-order chi connectivity index (χ1) is 35.0. The van der Waals surface area contributed by atoms with Gasteiger partial charge in [0.05, 0.1) is 16.7 Å². The molecule has 2 aliphatic rings. The number of carboxylic acid groups (broad SMARTS) is 1. The van der Waals surface area contributed by atoms with Gasteiger partial charge in [0, 0.05) is 16.7 Å². The summed E-state index contributed by atoms with van der Waals surface area (Å²) in [5, 5.41) is 11.1. The lowest BCUT2D eigenvalue weighted by Crippen LogP contribution is -2.16. The van der Waals surface area contributed by atoms with Crippen molar-refractivity contribution in [2.24, 2.45) is 0 Å². The molecular weight excluding hydrogens is 895 g/mol. The summed E-state index contributed by atoms with van der Waals surface area (Å²) >= 11 is 0. The highest BCUT2D eigenvalue weighted by molar-refractivity contribution is 6.20. The van der Waals surface area contributed by atoms with Crippen LogP contribution in [0.1, 0.15) is 59.7 Å². The second-order valence-corrected chi connectivity index (χ2v) is 16.8. The van der Waals surface area contributed by atoms with Crippen LogP contribution in [0.4, 0.5) is 0 Å². The van der Waals surface area contributed by atoms with Gasteiger partial charge in [-0.1, -0.05) is 176 Å². The number of aromatic nitrogens is 3. The Morgan fingerprint density at radius 3 is 1.32 bits per heavy atom. The van der Waals surface area contributed by atoms with E-state index in [0.717, 1.165) is 38.9 Å². The predicted molar refractivity (Wildman–Crippen MR) is 265 cm³/mol. The molecule has 348 valence electrons. The van der Waals surface area contributed by atoms with E-state index in [1.165, 1.54) is 6.07 Å². The van der Waals surface area contributed by atoms with Crippen molar-refractivity contribution in [3.63, 3.8) is 0 Å². The first-order valence-electron chi connectivity index (χ1n) is 23.0. The Morgan fingerprint density at radius 2 is 0.831 bits per heavy atom. The molecule has 12 heteroatoms. The topological polar surface area (TPSA) is 148 Å². The number of carbonyl (C=O) groups is 2. The van der Waals surface area contributed by atoms with E-state index >= 15 is 4.79 Å². The number of hydrogen-bond acceptors (Lipinski definition) is 11. The van der Waals surface area contributed by atoms with Crippen LogP contribution in [-0.4, -0.2) is 31.8 Å². The van der Waals surface area contributed by atoms with Gasteiger partial charge in [0.1, 0.15) is 45.2 Å². The number of hydrogen-bond donors (Lipinski definition) is 1. The van der Waals surface area contributed by atoms with Crippen molar-refractivity contribution in [1.29, 1.82) is 0 Å². The summed E-state index contributed by atoms with van der Waals surface area (Å²) in [6.45, 7) is 0.0796. The van der Waals surface area contributed by atoms with Crippen LogP contribution in [0.2, 0.25) is 0 Å². The summed E-state index contributed by atoms with van der Waals surface area (Å²) in [4.78, 5) is 45.0. The minimum absolute atomic E-state index is 0.00125. The normalized spacial score (nSPS) is 11.6. The molecule has 0 spiro atoms. The van der Waals surface area contributed by atoms with Crippen molar-refractivity contribution >= 4 is 11.8 Å². The van der Waals surface area contributed by atoms with Gasteiger partial charge in [-0.3, -0.25) is 4.79 Å². The van der Waals surface area contributed by atoms with Gasteiger partial charge in [-0.2, -0.15) is 0 Å². The van der Waals surface area contributed by atoms with Gasteiger partial charge in [0.25, 0.3) is 0 Å². The van der Waals surface area contributed by atoms with Crippen LogP contribution < -0.4 is 28.4 Å². The van der Waals surface area contributed by atoms with Crippen LogP contribution in [0, 0.1) is 0 Å². The van der Waals surface area contributed by atoms with E-state index < -0.39 is 11.8 Å². The van der Waals surface area contributed by atoms with E-state index in [9.17, 15) is 9.90 Å². The second kappa shape index (κ2) is 19.7. The zero-order valence-corrected chi connectivity index (χ0v) is 38.1. The van der Waals surface area contributed by atoms with Crippen molar-refractivity contribution in [3.8, 4) is 68.7 Å². The molecule has 2 aliphatic heterocycles. The SMILES string of the molecule is O=C(O)c1cc(C(=O)c2c(OCc3ccccc3)c(OCc3ccccc3)c3c4c2-c2nc(nc-4n2)-c2ccccc2CO3)c(OCc2ccccc2)c(OCc2ccccc2)c1OCc1ccccc1. The highest BCUT2D eigenvalue weighted by Gasteiger charge is 2.41. The number of carbonyl (C=O) groups excluding carboxylic acids is 1. The molecule has 0 atom stereocenters. The number of fused-ring (bicyclic) bond motifs is 5. The molecule has 11 rings (SSSR count). The van der Waals surface area contributed by atoms with Crippen LogP contribution >= 0.6 is 0 Å². The van der Waals surface area contributed by atoms with Crippen molar-refractivity contribution in [3.05, 3.63) is 232 Å². The lowest BCUT2D eigenvalue weighted by atomic mass is 9.90. The summed E-state index contributed by atoms with van der Waals surface area (Å²) < 4.78 is 40.4. The summed E-state index contributed by atoms with van der Waals surface area (Å²) in [6.07, 6.45) is 0. The van der Waals surface area contributed by atoms with Crippen molar-refractivity contribution in [1.82, 2.24) is 15.0 Å². The monoisotopic (exact) mass is 937 g/mol.